The SMILES string of the molecule is CC(C)(C)OC(=O)C[C@@H](N)Cc1ccc2ccccc2c1. The highest BCUT2D eigenvalue weighted by molar-refractivity contribution is 5.83. The number of carbonyl (C=O) groups is 1. The highest BCUT2D eigenvalue weighted by atomic mass is 16.6. The zero-order valence-electron chi connectivity index (χ0n) is 12.9. The van der Waals surface area contributed by atoms with Gasteiger partial charge < -0.3 is 10.5 Å². The van der Waals surface area contributed by atoms with E-state index in [1.807, 2.05) is 32.9 Å². The Hall–Kier alpha value is -1.87. The number of hydrogen-bond donors (Lipinski definition) is 1. The second kappa shape index (κ2) is 6.27. The van der Waals surface area contributed by atoms with Gasteiger partial charge >= 0.3 is 5.97 Å². The summed E-state index contributed by atoms with van der Waals surface area (Å²) in [5.74, 6) is -0.240. The topological polar surface area (TPSA) is 52.3 Å². The lowest BCUT2D eigenvalue weighted by atomic mass is 10.0. The smallest absolute Gasteiger partial charge is 0.307 e. The van der Waals surface area contributed by atoms with Crippen LogP contribution in [0.15, 0.2) is 42.5 Å². The van der Waals surface area contributed by atoms with Crippen molar-refractivity contribution >= 4 is 16.7 Å². The minimum Gasteiger partial charge on any atom is -0.460 e. The second-order valence-electron chi connectivity index (χ2n) is 6.44. The number of rotatable bonds is 4. The summed E-state index contributed by atoms with van der Waals surface area (Å²) in [7, 11) is 0. The fourth-order valence-electron chi connectivity index (χ4n) is 2.34. The van der Waals surface area contributed by atoms with E-state index in [0.717, 1.165) is 5.56 Å². The van der Waals surface area contributed by atoms with E-state index >= 15 is 0 Å². The highest BCUT2D eigenvalue weighted by Crippen LogP contribution is 2.17. The number of carbonyl (C=O) groups excluding carboxylic acids is 1. The third-order valence-electron chi connectivity index (χ3n) is 3.16. The molecule has 0 aromatic heterocycles. The molecule has 0 heterocycles. The van der Waals surface area contributed by atoms with Gasteiger partial charge in [0, 0.05) is 6.04 Å². The van der Waals surface area contributed by atoms with Crippen LogP contribution in [0.3, 0.4) is 0 Å². The maximum absolute atomic E-state index is 11.8. The number of esters is 1. The molecule has 0 saturated heterocycles. The van der Waals surface area contributed by atoms with Crippen molar-refractivity contribution in [2.24, 2.45) is 5.73 Å². The third-order valence-corrected chi connectivity index (χ3v) is 3.16. The summed E-state index contributed by atoms with van der Waals surface area (Å²) in [6.45, 7) is 5.58. The number of benzene rings is 2. The first kappa shape index (κ1) is 15.5. The van der Waals surface area contributed by atoms with Crippen LogP contribution in [0.1, 0.15) is 32.8 Å². The molecule has 0 fully saturated rings. The number of fused-ring (bicyclic) bond motifs is 1. The normalized spacial score (nSPS) is 13.1. The second-order valence-corrected chi connectivity index (χ2v) is 6.44. The van der Waals surface area contributed by atoms with Crippen LogP contribution < -0.4 is 5.73 Å². The van der Waals surface area contributed by atoms with Crippen LogP contribution in [0.5, 0.6) is 0 Å². The quantitative estimate of drug-likeness (QED) is 0.875. The van der Waals surface area contributed by atoms with Gasteiger partial charge in [0.1, 0.15) is 5.60 Å². The van der Waals surface area contributed by atoms with Crippen LogP contribution in [0, 0.1) is 0 Å². The zero-order chi connectivity index (χ0) is 15.5. The van der Waals surface area contributed by atoms with E-state index < -0.39 is 5.60 Å². The van der Waals surface area contributed by atoms with Gasteiger partial charge in [-0.15, -0.1) is 0 Å². The van der Waals surface area contributed by atoms with E-state index in [9.17, 15) is 4.79 Å². The maximum atomic E-state index is 11.8. The van der Waals surface area contributed by atoms with Crippen molar-refractivity contribution in [2.75, 3.05) is 0 Å². The fourth-order valence-corrected chi connectivity index (χ4v) is 2.34. The van der Waals surface area contributed by atoms with Gasteiger partial charge in [-0.3, -0.25) is 4.79 Å². The zero-order valence-corrected chi connectivity index (χ0v) is 12.9. The highest BCUT2D eigenvalue weighted by Gasteiger charge is 2.18. The maximum Gasteiger partial charge on any atom is 0.307 e. The van der Waals surface area contributed by atoms with Crippen molar-refractivity contribution in [1.82, 2.24) is 0 Å². The minimum atomic E-state index is -0.459. The van der Waals surface area contributed by atoms with Crippen molar-refractivity contribution in [3.63, 3.8) is 0 Å². The van der Waals surface area contributed by atoms with Gasteiger partial charge in [0.15, 0.2) is 0 Å². The molecule has 0 saturated carbocycles. The average Bonchev–Trinajstić information content (AvgIpc) is 2.35. The first-order chi connectivity index (χ1) is 9.83. The molecule has 21 heavy (non-hydrogen) atoms. The summed E-state index contributed by atoms with van der Waals surface area (Å²) >= 11 is 0. The molecular formula is C18H23NO2. The van der Waals surface area contributed by atoms with E-state index in [1.54, 1.807) is 0 Å². The standard InChI is InChI=1S/C18H23NO2/c1-18(2,3)21-17(20)12-16(19)11-13-8-9-14-6-4-5-7-15(14)10-13/h4-10,16H,11-12,19H2,1-3H3/t16-/m0/s1. The summed E-state index contributed by atoms with van der Waals surface area (Å²) in [5, 5.41) is 2.40. The monoisotopic (exact) mass is 285 g/mol. The Morgan fingerprint density at radius 1 is 1.14 bits per heavy atom. The van der Waals surface area contributed by atoms with Crippen molar-refractivity contribution in [2.45, 2.75) is 45.3 Å². The molecule has 2 rings (SSSR count). The van der Waals surface area contributed by atoms with Gasteiger partial charge in [0.2, 0.25) is 0 Å². The van der Waals surface area contributed by atoms with Crippen molar-refractivity contribution in [3.8, 4) is 0 Å². The Morgan fingerprint density at radius 2 is 1.81 bits per heavy atom. The molecule has 0 amide bonds. The molecule has 2 N–H and O–H groups in total. The predicted octanol–water partition coefficient (Wildman–Crippen LogP) is 3.44. The van der Waals surface area contributed by atoms with Gasteiger partial charge in [-0.25, -0.2) is 0 Å². The summed E-state index contributed by atoms with van der Waals surface area (Å²) in [6, 6.07) is 14.3. The van der Waals surface area contributed by atoms with E-state index in [-0.39, 0.29) is 18.4 Å². The molecule has 0 aliphatic heterocycles. The van der Waals surface area contributed by atoms with Crippen LogP contribution in [0.4, 0.5) is 0 Å². The predicted molar refractivity (Wildman–Crippen MR) is 86.1 cm³/mol. The molecule has 0 aliphatic rings. The lowest BCUT2D eigenvalue weighted by Gasteiger charge is -2.21. The number of nitrogens with two attached hydrogens (primary N) is 1. The van der Waals surface area contributed by atoms with Crippen LogP contribution >= 0.6 is 0 Å². The molecule has 112 valence electrons. The summed E-state index contributed by atoms with van der Waals surface area (Å²) in [5.41, 5.74) is 6.75. The number of hydrogen-bond acceptors (Lipinski definition) is 3. The third kappa shape index (κ3) is 4.87. The molecule has 0 aliphatic carbocycles. The van der Waals surface area contributed by atoms with Crippen molar-refractivity contribution in [3.05, 3.63) is 48.0 Å². The van der Waals surface area contributed by atoms with E-state index in [0.29, 0.717) is 6.42 Å². The summed E-state index contributed by atoms with van der Waals surface area (Å²) < 4.78 is 5.30. The van der Waals surface area contributed by atoms with Crippen LogP contribution in [0.25, 0.3) is 10.8 Å². The van der Waals surface area contributed by atoms with Crippen molar-refractivity contribution in [1.29, 1.82) is 0 Å². The largest absolute Gasteiger partial charge is 0.460 e. The van der Waals surface area contributed by atoms with Crippen LogP contribution in [-0.4, -0.2) is 17.6 Å². The summed E-state index contributed by atoms with van der Waals surface area (Å²) in [4.78, 5) is 11.8. The molecule has 2 aromatic rings. The minimum absolute atomic E-state index is 0.221. The molecule has 0 unspecified atom stereocenters. The Morgan fingerprint density at radius 3 is 2.48 bits per heavy atom. The fraction of sp³-hybridized carbons (Fsp3) is 0.389. The Balaban J connectivity index is 1.98. The van der Waals surface area contributed by atoms with Crippen LogP contribution in [0.2, 0.25) is 0 Å². The van der Waals surface area contributed by atoms with Gasteiger partial charge in [-0.2, -0.15) is 0 Å². The van der Waals surface area contributed by atoms with Crippen LogP contribution in [-0.2, 0) is 16.0 Å². The lowest BCUT2D eigenvalue weighted by Crippen LogP contribution is -2.31. The Labute approximate surface area is 126 Å². The molecule has 2 aromatic carbocycles. The molecule has 0 spiro atoms. The molecular weight excluding hydrogens is 262 g/mol. The Kier molecular flexibility index (Phi) is 4.63. The van der Waals surface area contributed by atoms with Crippen molar-refractivity contribution < 1.29 is 9.53 Å². The van der Waals surface area contributed by atoms with Gasteiger partial charge in [0.05, 0.1) is 6.42 Å². The van der Waals surface area contributed by atoms with E-state index in [4.69, 9.17) is 10.5 Å². The van der Waals surface area contributed by atoms with E-state index in [2.05, 4.69) is 30.3 Å². The Bertz CT molecular complexity index is 628. The molecule has 3 heteroatoms. The average molecular weight is 285 g/mol. The molecule has 1 atom stereocenters. The summed E-state index contributed by atoms with van der Waals surface area (Å²) in [6.07, 6.45) is 0.911. The van der Waals surface area contributed by atoms with E-state index in [1.165, 1.54) is 10.8 Å². The van der Waals surface area contributed by atoms with Gasteiger partial charge in [0.25, 0.3) is 0 Å². The molecule has 0 bridgehead atoms. The molecule has 0 radical (unpaired) electrons. The molecule has 3 nitrogen and oxygen atoms in total. The van der Waals surface area contributed by atoms with Gasteiger partial charge in [-0.1, -0.05) is 42.5 Å². The first-order valence-corrected chi connectivity index (χ1v) is 7.28. The lowest BCUT2D eigenvalue weighted by molar-refractivity contribution is -0.155. The first-order valence-electron chi connectivity index (χ1n) is 7.28. The van der Waals surface area contributed by atoms with Gasteiger partial charge in [-0.05, 0) is 43.5 Å². The number of ether oxygens (including phenoxy) is 1.